The van der Waals surface area contributed by atoms with E-state index in [4.69, 9.17) is 0 Å². The number of carbonyl (C=O) groups is 1. The van der Waals surface area contributed by atoms with Gasteiger partial charge in [-0.2, -0.15) is 19.7 Å². The molecule has 2 unspecified atom stereocenters. The zero-order valence-electron chi connectivity index (χ0n) is 17.2. The van der Waals surface area contributed by atoms with E-state index in [-0.39, 0.29) is 23.0 Å². The van der Waals surface area contributed by atoms with Crippen molar-refractivity contribution in [3.8, 4) is 0 Å². The number of piperidine rings is 1. The van der Waals surface area contributed by atoms with Crippen LogP contribution in [0.15, 0.2) is 35.6 Å². The number of carbonyl (C=O) groups excluding carboxylic acids is 1. The molecule has 0 saturated carbocycles. The monoisotopic (exact) mass is 443 g/mol. The lowest BCUT2D eigenvalue weighted by molar-refractivity contribution is -0.135. The lowest BCUT2D eigenvalue weighted by Gasteiger charge is -2.39. The first-order valence-corrected chi connectivity index (χ1v) is 12.0. The predicted octanol–water partition coefficient (Wildman–Crippen LogP) is 1.66. The van der Waals surface area contributed by atoms with Crippen LogP contribution in [0.4, 0.5) is 0 Å². The average Bonchev–Trinajstić information content (AvgIpc) is 3.44. The van der Waals surface area contributed by atoms with E-state index in [9.17, 15) is 13.2 Å². The minimum absolute atomic E-state index is 0.0281. The number of nitrogens with zero attached hydrogens (tertiary/aromatic N) is 5. The molecule has 3 atom stereocenters. The highest BCUT2D eigenvalue weighted by atomic mass is 32.2. The van der Waals surface area contributed by atoms with Gasteiger partial charge in [-0.15, -0.1) is 0 Å². The summed E-state index contributed by atoms with van der Waals surface area (Å²) in [6.07, 6.45) is 4.42. The highest BCUT2D eigenvalue weighted by Crippen LogP contribution is 2.38. The molecule has 0 radical (unpaired) electrons. The van der Waals surface area contributed by atoms with Crippen molar-refractivity contribution in [1.29, 1.82) is 0 Å². The Morgan fingerprint density at radius 1 is 1.23 bits per heavy atom. The third-order valence-corrected chi connectivity index (χ3v) is 8.20. The molecule has 31 heavy (non-hydrogen) atoms. The second kappa shape index (κ2) is 7.72. The van der Waals surface area contributed by atoms with Crippen molar-refractivity contribution in [2.75, 3.05) is 6.54 Å². The maximum Gasteiger partial charge on any atom is 0.277 e. The molecule has 2 N–H and O–H groups in total. The van der Waals surface area contributed by atoms with Gasteiger partial charge in [0.1, 0.15) is 11.7 Å². The summed E-state index contributed by atoms with van der Waals surface area (Å²) in [6.45, 7) is 2.85. The predicted molar refractivity (Wildman–Crippen MR) is 112 cm³/mol. The second-order valence-electron chi connectivity index (χ2n) is 8.26. The molecule has 0 aliphatic carbocycles. The number of para-hydroxylation sites is 2. The Hall–Kier alpha value is -2.79. The summed E-state index contributed by atoms with van der Waals surface area (Å²) in [5.74, 6) is -0.149. The Balaban J connectivity index is 1.56. The van der Waals surface area contributed by atoms with E-state index in [1.807, 2.05) is 19.1 Å². The molecule has 10 nitrogen and oxygen atoms in total. The number of benzene rings is 1. The highest BCUT2D eigenvalue weighted by Gasteiger charge is 2.50. The van der Waals surface area contributed by atoms with Gasteiger partial charge in [0.2, 0.25) is 11.1 Å². The van der Waals surface area contributed by atoms with Crippen LogP contribution in [0.25, 0.3) is 11.0 Å². The Morgan fingerprint density at radius 3 is 2.81 bits per heavy atom. The summed E-state index contributed by atoms with van der Waals surface area (Å²) in [5.41, 5.74) is 1.91. The van der Waals surface area contributed by atoms with Crippen LogP contribution in [0.5, 0.6) is 0 Å². The molecule has 0 spiro atoms. The van der Waals surface area contributed by atoms with Crippen LogP contribution in [0, 0.1) is 5.92 Å². The number of hydrogen-bond donors (Lipinski definition) is 2. The zero-order chi connectivity index (χ0) is 21.6. The second-order valence-corrected chi connectivity index (χ2v) is 10.0. The minimum Gasteiger partial charge on any atom is -0.335 e. The number of nitrogens with one attached hydrogen (secondary N) is 2. The number of amides is 1. The fourth-order valence-electron chi connectivity index (χ4n) is 4.93. The summed E-state index contributed by atoms with van der Waals surface area (Å²) in [4.78, 5) is 22.6. The van der Waals surface area contributed by atoms with Crippen LogP contribution >= 0.6 is 0 Å². The molecule has 3 aromatic rings. The number of fused-ring (bicyclic) bond motifs is 3. The van der Waals surface area contributed by atoms with E-state index in [2.05, 4.69) is 25.4 Å². The minimum atomic E-state index is -3.98. The first kappa shape index (κ1) is 20.1. The lowest BCUT2D eigenvalue weighted by Crippen LogP contribution is -2.54. The third-order valence-electron chi connectivity index (χ3n) is 6.44. The Morgan fingerprint density at radius 2 is 2.06 bits per heavy atom. The Kier molecular flexibility index (Phi) is 5.01. The molecule has 1 aromatic carbocycles. The molecular weight excluding hydrogens is 418 g/mol. The fourth-order valence-corrected chi connectivity index (χ4v) is 6.74. The smallest absolute Gasteiger partial charge is 0.277 e. The number of aromatic amines is 2. The number of H-pyrrole nitrogens is 2. The van der Waals surface area contributed by atoms with E-state index in [1.54, 1.807) is 23.2 Å². The molecule has 11 heteroatoms. The van der Waals surface area contributed by atoms with Crippen molar-refractivity contribution >= 4 is 27.0 Å². The lowest BCUT2D eigenvalue weighted by atomic mass is 9.89. The average molecular weight is 444 g/mol. The van der Waals surface area contributed by atoms with Crippen LogP contribution in [-0.2, 0) is 21.4 Å². The highest BCUT2D eigenvalue weighted by molar-refractivity contribution is 7.89. The summed E-state index contributed by atoms with van der Waals surface area (Å²) in [7, 11) is -3.98. The van der Waals surface area contributed by atoms with Crippen molar-refractivity contribution < 1.29 is 13.2 Å². The summed E-state index contributed by atoms with van der Waals surface area (Å²) in [6, 6.07) is 6.24. The number of sulfonamides is 1. The number of rotatable bonds is 5. The summed E-state index contributed by atoms with van der Waals surface area (Å²) >= 11 is 0. The molecular formula is C20H25N7O3S. The first-order chi connectivity index (χ1) is 15.0. The van der Waals surface area contributed by atoms with E-state index in [1.165, 1.54) is 4.31 Å². The molecule has 2 saturated heterocycles. The molecule has 4 heterocycles. The van der Waals surface area contributed by atoms with Gasteiger partial charge in [0.05, 0.1) is 23.8 Å². The third kappa shape index (κ3) is 3.41. The van der Waals surface area contributed by atoms with Crippen molar-refractivity contribution in [3.05, 3.63) is 36.2 Å². The van der Waals surface area contributed by atoms with Crippen LogP contribution < -0.4 is 0 Å². The van der Waals surface area contributed by atoms with E-state index in [0.29, 0.717) is 36.2 Å². The van der Waals surface area contributed by atoms with Gasteiger partial charge in [0, 0.05) is 12.6 Å². The summed E-state index contributed by atoms with van der Waals surface area (Å²) in [5, 5.41) is 10.4. The Labute approximate surface area is 180 Å². The van der Waals surface area contributed by atoms with Crippen LogP contribution in [-0.4, -0.2) is 67.5 Å². The van der Waals surface area contributed by atoms with Gasteiger partial charge in [-0.3, -0.25) is 4.79 Å². The van der Waals surface area contributed by atoms with Crippen LogP contribution in [0.1, 0.15) is 38.3 Å². The van der Waals surface area contributed by atoms with E-state index >= 15 is 0 Å². The maximum absolute atomic E-state index is 13.8. The topological polar surface area (TPSA) is 128 Å². The fraction of sp³-hybridized carbons (Fsp3) is 0.500. The van der Waals surface area contributed by atoms with E-state index < -0.39 is 16.1 Å². The Bertz CT molecular complexity index is 1160. The maximum atomic E-state index is 13.8. The largest absolute Gasteiger partial charge is 0.335 e. The van der Waals surface area contributed by atoms with Crippen molar-refractivity contribution in [2.45, 2.75) is 56.4 Å². The summed E-state index contributed by atoms with van der Waals surface area (Å²) < 4.78 is 29.0. The SMILES string of the molecule is CC[C@H]1CN(Cc2cn[nH]n2)C(=O)C2CCCC1N2S(=O)(=O)c1nc2ccccc2[nH]1. The number of hydrogen-bond acceptors (Lipinski definition) is 6. The van der Waals surface area contributed by atoms with Gasteiger partial charge in [-0.25, -0.2) is 13.4 Å². The van der Waals surface area contributed by atoms with Gasteiger partial charge in [-0.05, 0) is 37.3 Å². The van der Waals surface area contributed by atoms with Gasteiger partial charge >= 0.3 is 0 Å². The van der Waals surface area contributed by atoms with Gasteiger partial charge in [-0.1, -0.05) is 25.5 Å². The number of aromatic nitrogens is 5. The molecule has 2 bridgehead atoms. The van der Waals surface area contributed by atoms with Crippen molar-refractivity contribution in [1.82, 2.24) is 34.6 Å². The molecule has 2 aliphatic rings. The first-order valence-electron chi connectivity index (χ1n) is 10.6. The van der Waals surface area contributed by atoms with Crippen molar-refractivity contribution in [2.24, 2.45) is 5.92 Å². The zero-order valence-corrected chi connectivity index (χ0v) is 18.0. The normalized spacial score (nSPS) is 25.1. The number of imidazole rings is 1. The van der Waals surface area contributed by atoms with Crippen molar-refractivity contribution in [3.63, 3.8) is 0 Å². The molecule has 2 fully saturated rings. The molecule has 5 rings (SSSR count). The van der Waals surface area contributed by atoms with Crippen LogP contribution in [0.3, 0.4) is 0 Å². The van der Waals surface area contributed by atoms with Gasteiger partial charge in [0.15, 0.2) is 0 Å². The molecule has 164 valence electrons. The van der Waals surface area contributed by atoms with Crippen LogP contribution in [0.2, 0.25) is 0 Å². The standard InChI is InChI=1S/C20H25N7O3S/c1-2-13-11-26(12-14-10-21-25-24-14)19(28)18-9-5-8-17(13)27(18)31(29,30)20-22-15-6-3-4-7-16(15)23-20/h3-4,6-7,10,13,17-18H,2,5,8-9,11-12H2,1H3,(H,22,23)(H,21,24,25)/t13-,17?,18?/m0/s1. The molecule has 1 amide bonds. The van der Waals surface area contributed by atoms with Gasteiger partial charge in [0.25, 0.3) is 10.0 Å². The van der Waals surface area contributed by atoms with E-state index in [0.717, 1.165) is 19.3 Å². The molecule has 2 aliphatic heterocycles. The van der Waals surface area contributed by atoms with Gasteiger partial charge < -0.3 is 9.88 Å². The molecule has 2 aromatic heterocycles. The quantitative estimate of drug-likeness (QED) is 0.617.